The van der Waals surface area contributed by atoms with Crippen molar-refractivity contribution >= 4 is 0 Å². The lowest BCUT2D eigenvalue weighted by atomic mass is 9.83. The Hall–Kier alpha value is -8.39. The van der Waals surface area contributed by atoms with Gasteiger partial charge in [-0.2, -0.15) is 105 Å². The number of hydrogen-bond donors (Lipinski definition) is 0. The maximum absolute atomic E-state index is 13.4. The topological polar surface area (TPSA) is 8.10 Å². The summed E-state index contributed by atoms with van der Waals surface area (Å²) in [6, 6.07) is 27.3. The van der Waals surface area contributed by atoms with Crippen LogP contribution in [0, 0.1) is 92.0 Å². The van der Waals surface area contributed by atoms with Crippen molar-refractivity contribution < 1.29 is 140 Å². The molecular formula is C109H141F29O3. The highest BCUT2D eigenvalue weighted by molar-refractivity contribution is 5.42. The van der Waals surface area contributed by atoms with Crippen molar-refractivity contribution in [3.8, 4) is 0 Å². The average molecular weight is 2050 g/mol. The van der Waals surface area contributed by atoms with E-state index in [0.29, 0.717) is 28.3 Å². The molecule has 3 nitrogen and oxygen atoms in total. The quantitative estimate of drug-likeness (QED) is 0.0619. The van der Waals surface area contributed by atoms with Crippen LogP contribution in [0.4, 0.5) is 127 Å². The van der Waals surface area contributed by atoms with Crippen LogP contribution in [-0.4, -0.2) is 39.6 Å². The van der Waals surface area contributed by atoms with Crippen LogP contribution in [-0.2, 0) is 106 Å². The van der Waals surface area contributed by atoms with Gasteiger partial charge < -0.3 is 13.1 Å². The molecule has 0 N–H and O–H groups in total. The van der Waals surface area contributed by atoms with Crippen LogP contribution < -0.4 is 0 Å². The minimum absolute atomic E-state index is 0.258. The molecular weight excluding hydrogens is 1910 g/mol. The number of halogens is 29. The van der Waals surface area contributed by atoms with E-state index >= 15 is 0 Å². The summed E-state index contributed by atoms with van der Waals surface area (Å²) in [5.41, 5.74) is -2.32. The average Bonchev–Trinajstić information content (AvgIpc) is 1.21. The molecule has 0 saturated carbocycles. The van der Waals surface area contributed by atoms with Gasteiger partial charge >= 0.3 is 49.4 Å². The first kappa shape index (κ1) is 131. The van der Waals surface area contributed by atoms with E-state index in [9.17, 15) is 127 Å². The molecule has 0 unspecified atom stereocenters. The number of aryl methyl sites for hydroxylation is 6. The third kappa shape index (κ3) is 45.8. The maximum Gasteiger partial charge on any atom is 0.422 e. The molecule has 141 heavy (non-hydrogen) atoms. The van der Waals surface area contributed by atoms with Crippen LogP contribution in [0.3, 0.4) is 0 Å². The highest BCUT2D eigenvalue weighted by atomic mass is 19.4. The molecule has 32 heteroatoms. The summed E-state index contributed by atoms with van der Waals surface area (Å²) < 4.78 is 374. The van der Waals surface area contributed by atoms with Crippen LogP contribution in [0.1, 0.15) is 327 Å². The Morgan fingerprint density at radius 3 is 0.532 bits per heavy atom. The van der Waals surface area contributed by atoms with Crippen LogP contribution in [0.15, 0.2) is 127 Å². The molecule has 3 aliphatic heterocycles. The lowest BCUT2D eigenvalue weighted by Crippen LogP contribution is -2.23. The van der Waals surface area contributed by atoms with Crippen molar-refractivity contribution in [2.45, 2.75) is 339 Å². The molecule has 0 atom stereocenters. The normalized spacial score (nSPS) is 14.6. The third-order valence-electron chi connectivity index (χ3n) is 21.6. The van der Waals surface area contributed by atoms with Crippen molar-refractivity contribution in [3.63, 3.8) is 0 Å². The minimum Gasteiger partial charge on any atom is -0.570 e. The predicted molar refractivity (Wildman–Crippen MR) is 506 cm³/mol. The number of benzene rings is 8. The Morgan fingerprint density at radius 2 is 0.376 bits per heavy atom. The molecule has 0 radical (unpaired) electrons. The van der Waals surface area contributed by atoms with E-state index in [2.05, 4.69) is 34.4 Å². The summed E-state index contributed by atoms with van der Waals surface area (Å²) in [5.74, 6) is -9.70. The Labute approximate surface area is 815 Å². The first-order valence-corrected chi connectivity index (χ1v) is 45.2. The van der Waals surface area contributed by atoms with Gasteiger partial charge in [-0.05, 0) is 220 Å². The van der Waals surface area contributed by atoms with Gasteiger partial charge in [0, 0.05) is 44.1 Å². The molecule has 3 heterocycles. The SMILES string of the molecule is CC(C)(C)c1c(F)c(F)c(C(F)(F)F)c(F)c1F.CC(C)(C)c1ccc(C(F)(F)F)cc1F.Cc1cc(C(C)(C)C)cc(C(F)(F)F)c1.Cc1cc(C(C)(C)C)cc(C(F)(F)F)c1.Cc1cc(C(C)(C)C)cc(C(F)(F)F)c1.Cc1cc(C(C)(C)C)cc(C(F)(F)F)c1.Cc1ccc(C(F)(F)F)cc1C(C)(C)C.Cc1ccc(C(F)(F)F)cc1C(C)(C)C.[CH2-][O+]1CCCC1.[CH2-][O+]1CCCC1.[CH2-][O+]1CCCC1. The lowest BCUT2D eigenvalue weighted by molar-refractivity contribution is -0.143. The van der Waals surface area contributed by atoms with Crippen molar-refractivity contribution in [1.29, 1.82) is 0 Å². The molecule has 8 aromatic rings. The van der Waals surface area contributed by atoms with E-state index in [-0.39, 0.29) is 38.1 Å². The zero-order valence-corrected chi connectivity index (χ0v) is 86.4. The molecule has 0 aromatic heterocycles. The Balaban J connectivity index is 0.000000785. The fourth-order valence-electron chi connectivity index (χ4n) is 13.7. The van der Waals surface area contributed by atoms with E-state index in [0.717, 1.165) is 102 Å². The molecule has 3 aliphatic rings. The third-order valence-corrected chi connectivity index (χ3v) is 21.6. The zero-order valence-electron chi connectivity index (χ0n) is 86.4. The van der Waals surface area contributed by atoms with E-state index in [1.807, 2.05) is 138 Å². The first-order chi connectivity index (χ1) is 62.8. The molecule has 0 aliphatic carbocycles. The monoisotopic (exact) mass is 2050 g/mol. The van der Waals surface area contributed by atoms with Gasteiger partial charge in [0.25, 0.3) is 0 Å². The van der Waals surface area contributed by atoms with Crippen LogP contribution in [0.2, 0.25) is 0 Å². The Morgan fingerprint density at radius 1 is 0.191 bits per heavy atom. The summed E-state index contributed by atoms with van der Waals surface area (Å²) in [4.78, 5) is 0. The molecule has 0 bridgehead atoms. The van der Waals surface area contributed by atoms with E-state index in [1.54, 1.807) is 72.7 Å². The molecule has 0 amide bonds. The van der Waals surface area contributed by atoms with Crippen LogP contribution >= 0.6 is 0 Å². The zero-order chi connectivity index (χ0) is 111. The van der Waals surface area contributed by atoms with Crippen molar-refractivity contribution in [2.24, 2.45) is 0 Å². The maximum atomic E-state index is 13.4. The van der Waals surface area contributed by atoms with Gasteiger partial charge in [0.2, 0.25) is 0 Å². The first-order valence-electron chi connectivity index (χ1n) is 45.2. The molecule has 0 spiro atoms. The second-order valence-corrected chi connectivity index (χ2v) is 43.3. The summed E-state index contributed by atoms with van der Waals surface area (Å²) in [6.45, 7) is 60.4. The van der Waals surface area contributed by atoms with Crippen LogP contribution in [0.5, 0.6) is 0 Å². The number of hydrogen-bond acceptors (Lipinski definition) is 0. The number of alkyl halides is 24. The molecule has 798 valence electrons. The van der Waals surface area contributed by atoms with Gasteiger partial charge in [-0.15, -0.1) is 0 Å². The van der Waals surface area contributed by atoms with E-state index in [1.165, 1.54) is 138 Å². The minimum atomic E-state index is -5.51. The second-order valence-electron chi connectivity index (χ2n) is 43.3. The number of rotatable bonds is 0. The lowest BCUT2D eigenvalue weighted by Gasteiger charge is -2.23. The molecule has 3 fully saturated rings. The summed E-state index contributed by atoms with van der Waals surface area (Å²) >= 11 is 0. The standard InChI is InChI=1S/6C12H15F3.C11H9F7.C11H12F4.3C5H10O/c4*1-8-5-9(11(2,3)4)7-10(6-8)12(13,14)15;2*1-8-5-6-9(12(13,14)15)7-10(8)11(2,3)4;1-10(2,3)4-6(12)8(14)5(11(16,17)18)9(15)7(4)13;1-10(2,3)8-5-4-7(6-9(8)12)11(13,14)15;3*1-6-4-2-3-5-6/h6*5-7H,1-4H3;1-3H3;4-6H,1-3H3;3*1-5H2. The summed E-state index contributed by atoms with van der Waals surface area (Å²) in [5, 5.41) is 0. The van der Waals surface area contributed by atoms with E-state index in [4.69, 9.17) is 0 Å². The Bertz CT molecular complexity index is 4610. The summed E-state index contributed by atoms with van der Waals surface area (Å²) in [6.07, 6.45) is -27.7. The fourth-order valence-corrected chi connectivity index (χ4v) is 13.7. The van der Waals surface area contributed by atoms with Crippen molar-refractivity contribution in [2.75, 3.05) is 39.6 Å². The second kappa shape index (κ2) is 50.6. The van der Waals surface area contributed by atoms with E-state index < -0.39 is 139 Å². The van der Waals surface area contributed by atoms with Gasteiger partial charge in [-0.1, -0.05) is 252 Å². The van der Waals surface area contributed by atoms with Gasteiger partial charge in [-0.25, -0.2) is 22.0 Å². The van der Waals surface area contributed by atoms with Crippen molar-refractivity contribution in [1.82, 2.24) is 0 Å². The van der Waals surface area contributed by atoms with Crippen molar-refractivity contribution in [3.05, 3.63) is 300 Å². The smallest absolute Gasteiger partial charge is 0.422 e. The van der Waals surface area contributed by atoms with Crippen LogP contribution in [0.25, 0.3) is 0 Å². The fraction of sp³-hybridized carbons (Fsp3) is 0.532. The molecule has 11 rings (SSSR count). The van der Waals surface area contributed by atoms with Gasteiger partial charge in [0.1, 0.15) is 51.0 Å². The Kier molecular flexibility index (Phi) is 46.9. The molecule has 3 saturated heterocycles. The molecule has 8 aromatic carbocycles. The highest BCUT2D eigenvalue weighted by Crippen LogP contribution is 2.45. The summed E-state index contributed by atoms with van der Waals surface area (Å²) in [7, 11) is 11.1. The largest absolute Gasteiger partial charge is 0.570 e. The predicted octanol–water partition coefficient (Wildman–Crippen LogP) is 37.9. The van der Waals surface area contributed by atoms with Gasteiger partial charge in [0.15, 0.2) is 23.3 Å². The van der Waals surface area contributed by atoms with Gasteiger partial charge in [-0.3, -0.25) is 0 Å². The van der Waals surface area contributed by atoms with Gasteiger partial charge in [0.05, 0.1) is 38.9 Å². The highest BCUT2D eigenvalue weighted by Gasteiger charge is 2.45.